The lowest BCUT2D eigenvalue weighted by Gasteiger charge is -2.13. The average molecular weight is 247 g/mol. The van der Waals surface area contributed by atoms with Gasteiger partial charge in [-0.05, 0) is 17.7 Å². The van der Waals surface area contributed by atoms with E-state index in [1.807, 2.05) is 0 Å². The molecule has 0 fully saturated rings. The summed E-state index contributed by atoms with van der Waals surface area (Å²) in [6.45, 7) is 0. The Kier molecular flexibility index (Phi) is 3.62. The smallest absolute Gasteiger partial charge is 0.306 e. The maximum atomic E-state index is 11.4. The molecule has 94 valence electrons. The highest BCUT2D eigenvalue weighted by atomic mass is 16.5. The van der Waals surface area contributed by atoms with Gasteiger partial charge in [-0.2, -0.15) is 0 Å². The van der Waals surface area contributed by atoms with Crippen LogP contribution in [0.3, 0.4) is 0 Å². The number of aromatic hydroxyl groups is 1. The minimum Gasteiger partial charge on any atom is -0.508 e. The molecule has 0 aliphatic carbocycles. The molecule has 2 aromatic rings. The number of methoxy groups -OCH3 is 1. The van der Waals surface area contributed by atoms with Crippen molar-refractivity contribution in [3.8, 4) is 5.75 Å². The van der Waals surface area contributed by atoms with E-state index in [0.29, 0.717) is 5.69 Å². The molecule has 0 radical (unpaired) electrons. The highest BCUT2D eigenvalue weighted by Gasteiger charge is 2.21. The third kappa shape index (κ3) is 2.68. The molecule has 0 aliphatic heterocycles. The number of esters is 1. The van der Waals surface area contributed by atoms with E-state index in [0.717, 1.165) is 5.56 Å². The fourth-order valence-electron chi connectivity index (χ4n) is 1.75. The number of phenols is 1. The SMILES string of the molecule is COC(=O)C[C@@H](c1ccc(O)cc1)c1ccon1. The van der Waals surface area contributed by atoms with Gasteiger partial charge in [-0.25, -0.2) is 0 Å². The maximum Gasteiger partial charge on any atom is 0.306 e. The lowest BCUT2D eigenvalue weighted by Crippen LogP contribution is -2.10. The molecule has 0 saturated heterocycles. The first kappa shape index (κ1) is 12.2. The third-order valence-electron chi connectivity index (χ3n) is 2.71. The second-order valence-electron chi connectivity index (χ2n) is 3.85. The Morgan fingerprint density at radius 3 is 2.67 bits per heavy atom. The van der Waals surface area contributed by atoms with Gasteiger partial charge >= 0.3 is 5.97 Å². The molecule has 5 heteroatoms. The normalized spacial score (nSPS) is 12.1. The summed E-state index contributed by atoms with van der Waals surface area (Å²) in [4.78, 5) is 11.4. The Bertz CT molecular complexity index is 504. The summed E-state index contributed by atoms with van der Waals surface area (Å²) in [7, 11) is 1.35. The molecule has 5 nitrogen and oxygen atoms in total. The number of hydrogen-bond donors (Lipinski definition) is 1. The zero-order valence-corrected chi connectivity index (χ0v) is 9.87. The second-order valence-corrected chi connectivity index (χ2v) is 3.85. The molecule has 1 heterocycles. The number of carbonyl (C=O) groups excluding carboxylic acids is 1. The average Bonchev–Trinajstić information content (AvgIpc) is 2.90. The van der Waals surface area contributed by atoms with Gasteiger partial charge in [-0.15, -0.1) is 0 Å². The number of nitrogens with zero attached hydrogens (tertiary/aromatic N) is 1. The van der Waals surface area contributed by atoms with E-state index in [1.165, 1.54) is 13.4 Å². The van der Waals surface area contributed by atoms with Crippen LogP contribution in [0.4, 0.5) is 0 Å². The Morgan fingerprint density at radius 2 is 2.11 bits per heavy atom. The highest BCUT2D eigenvalue weighted by Crippen LogP contribution is 2.28. The van der Waals surface area contributed by atoms with Gasteiger partial charge in [0.15, 0.2) is 0 Å². The van der Waals surface area contributed by atoms with Crippen LogP contribution in [0.5, 0.6) is 5.75 Å². The van der Waals surface area contributed by atoms with E-state index >= 15 is 0 Å². The standard InChI is InChI=1S/C13H13NO4/c1-17-13(16)8-11(12-6-7-18-14-12)9-2-4-10(15)5-3-9/h2-7,11,15H,8H2,1H3/t11-/m0/s1. The molecule has 0 amide bonds. The summed E-state index contributed by atoms with van der Waals surface area (Å²) < 4.78 is 9.48. The largest absolute Gasteiger partial charge is 0.508 e. The van der Waals surface area contributed by atoms with Crippen LogP contribution in [-0.4, -0.2) is 23.3 Å². The second kappa shape index (κ2) is 5.35. The van der Waals surface area contributed by atoms with Gasteiger partial charge < -0.3 is 14.4 Å². The van der Waals surface area contributed by atoms with Crippen LogP contribution in [0.1, 0.15) is 23.6 Å². The summed E-state index contributed by atoms with van der Waals surface area (Å²) in [5, 5.41) is 13.1. The number of hydrogen-bond acceptors (Lipinski definition) is 5. The first-order valence-corrected chi connectivity index (χ1v) is 5.46. The third-order valence-corrected chi connectivity index (χ3v) is 2.71. The van der Waals surface area contributed by atoms with E-state index in [-0.39, 0.29) is 24.1 Å². The molecule has 1 aromatic heterocycles. The summed E-state index contributed by atoms with van der Waals surface area (Å²) in [6, 6.07) is 8.34. The minimum atomic E-state index is -0.323. The van der Waals surface area contributed by atoms with Gasteiger partial charge in [0.2, 0.25) is 0 Å². The van der Waals surface area contributed by atoms with E-state index in [1.54, 1.807) is 30.3 Å². The van der Waals surface area contributed by atoms with E-state index in [4.69, 9.17) is 4.52 Å². The van der Waals surface area contributed by atoms with E-state index < -0.39 is 0 Å². The monoisotopic (exact) mass is 247 g/mol. The van der Waals surface area contributed by atoms with Gasteiger partial charge in [0, 0.05) is 12.0 Å². The van der Waals surface area contributed by atoms with Crippen molar-refractivity contribution in [2.24, 2.45) is 0 Å². The summed E-state index contributed by atoms with van der Waals surface area (Å²) in [5.41, 5.74) is 1.53. The van der Waals surface area contributed by atoms with Crippen molar-refractivity contribution in [3.63, 3.8) is 0 Å². The number of phenolic OH excluding ortho intramolecular Hbond substituents is 1. The Morgan fingerprint density at radius 1 is 1.39 bits per heavy atom. The maximum absolute atomic E-state index is 11.4. The number of benzene rings is 1. The fourth-order valence-corrected chi connectivity index (χ4v) is 1.75. The highest BCUT2D eigenvalue weighted by molar-refractivity contribution is 5.71. The first-order chi connectivity index (χ1) is 8.70. The van der Waals surface area contributed by atoms with Crippen molar-refractivity contribution in [2.75, 3.05) is 7.11 Å². The molecule has 1 atom stereocenters. The van der Waals surface area contributed by atoms with E-state index in [2.05, 4.69) is 9.89 Å². The summed E-state index contributed by atoms with van der Waals surface area (Å²) in [5.74, 6) is -0.386. The molecule has 0 saturated carbocycles. The zero-order valence-electron chi connectivity index (χ0n) is 9.87. The molecule has 2 rings (SSSR count). The Labute approximate surface area is 104 Å². The van der Waals surface area contributed by atoms with Gasteiger partial charge in [0.25, 0.3) is 0 Å². The molecular formula is C13H13NO4. The molecule has 1 N–H and O–H groups in total. The van der Waals surface area contributed by atoms with E-state index in [9.17, 15) is 9.90 Å². The van der Waals surface area contributed by atoms with Crippen molar-refractivity contribution in [3.05, 3.63) is 47.9 Å². The quantitative estimate of drug-likeness (QED) is 0.837. The van der Waals surface area contributed by atoms with Gasteiger partial charge in [0.05, 0.1) is 19.2 Å². The number of ether oxygens (including phenoxy) is 1. The Balaban J connectivity index is 2.30. The van der Waals surface area contributed by atoms with Crippen molar-refractivity contribution >= 4 is 5.97 Å². The molecule has 0 bridgehead atoms. The molecule has 0 spiro atoms. The lowest BCUT2D eigenvalue weighted by atomic mass is 9.92. The minimum absolute atomic E-state index is 0.174. The zero-order chi connectivity index (χ0) is 13.0. The number of aromatic nitrogens is 1. The van der Waals surface area contributed by atoms with Crippen molar-refractivity contribution in [2.45, 2.75) is 12.3 Å². The Hall–Kier alpha value is -2.30. The number of carbonyl (C=O) groups is 1. The molecular weight excluding hydrogens is 234 g/mol. The van der Waals surface area contributed by atoms with Crippen LogP contribution in [-0.2, 0) is 9.53 Å². The van der Waals surface area contributed by atoms with Gasteiger partial charge in [-0.3, -0.25) is 4.79 Å². The van der Waals surface area contributed by atoms with Crippen LogP contribution in [0.2, 0.25) is 0 Å². The molecule has 18 heavy (non-hydrogen) atoms. The van der Waals surface area contributed by atoms with Crippen molar-refractivity contribution < 1.29 is 19.2 Å². The topological polar surface area (TPSA) is 72.6 Å². The molecule has 1 aromatic carbocycles. The molecule has 0 aliphatic rings. The van der Waals surface area contributed by atoms with Crippen molar-refractivity contribution in [1.82, 2.24) is 5.16 Å². The predicted molar refractivity (Wildman–Crippen MR) is 63.1 cm³/mol. The molecule has 0 unspecified atom stereocenters. The van der Waals surface area contributed by atoms with Crippen LogP contribution >= 0.6 is 0 Å². The van der Waals surface area contributed by atoms with Gasteiger partial charge in [-0.1, -0.05) is 17.3 Å². The summed E-state index contributed by atoms with van der Waals surface area (Å²) in [6.07, 6.45) is 1.63. The van der Waals surface area contributed by atoms with Crippen LogP contribution < -0.4 is 0 Å². The lowest BCUT2D eigenvalue weighted by molar-refractivity contribution is -0.140. The van der Waals surface area contributed by atoms with Gasteiger partial charge in [0.1, 0.15) is 12.0 Å². The first-order valence-electron chi connectivity index (χ1n) is 5.46. The van der Waals surface area contributed by atoms with Crippen LogP contribution in [0.25, 0.3) is 0 Å². The van der Waals surface area contributed by atoms with Crippen molar-refractivity contribution in [1.29, 1.82) is 0 Å². The predicted octanol–water partition coefficient (Wildman–Crippen LogP) is 2.08. The van der Waals surface area contributed by atoms with Crippen LogP contribution in [0.15, 0.2) is 41.1 Å². The number of rotatable bonds is 4. The van der Waals surface area contributed by atoms with Crippen LogP contribution in [0, 0.1) is 0 Å². The summed E-state index contributed by atoms with van der Waals surface area (Å²) >= 11 is 0. The fraction of sp³-hybridized carbons (Fsp3) is 0.231.